The van der Waals surface area contributed by atoms with E-state index in [1.807, 2.05) is 6.92 Å². The van der Waals surface area contributed by atoms with Crippen molar-refractivity contribution in [2.24, 2.45) is 34.5 Å². The molecule has 0 radical (unpaired) electrons. The van der Waals surface area contributed by atoms with Crippen LogP contribution in [0.5, 0.6) is 0 Å². The summed E-state index contributed by atoms with van der Waals surface area (Å²) in [5.74, 6) is -2.85. The van der Waals surface area contributed by atoms with Gasteiger partial charge >= 0.3 is 5.97 Å². The van der Waals surface area contributed by atoms with Gasteiger partial charge in [0.25, 0.3) is 0 Å². The van der Waals surface area contributed by atoms with Crippen LogP contribution in [0.25, 0.3) is 0 Å². The molecule has 0 saturated heterocycles. The van der Waals surface area contributed by atoms with Gasteiger partial charge in [0.05, 0.1) is 6.10 Å². The van der Waals surface area contributed by atoms with Gasteiger partial charge in [-0.15, -0.1) is 0 Å². The van der Waals surface area contributed by atoms with Crippen LogP contribution in [0.3, 0.4) is 0 Å². The molecule has 4 aliphatic rings. The lowest BCUT2D eigenvalue weighted by Gasteiger charge is -2.59. The number of carbonyl (C=O) groups excluding carboxylic acids is 3. The standard InChI is InChI=1S/C24H31FO6/c1-12-7-16-15-9-18(25)17-8-14(27)5-6-22(17,3)21(15)19(28)10-23(16,4)24(12,30)20(29)11-31-13(2)26/h5-6,12,15-16,19,21,28,30H,7-11H2,1-4H3. The largest absolute Gasteiger partial charge is 0.458 e. The van der Waals surface area contributed by atoms with E-state index in [4.69, 9.17) is 4.74 Å². The van der Waals surface area contributed by atoms with Crippen LogP contribution in [0.15, 0.2) is 23.6 Å². The number of Topliss-reactive ketones (excluding diaryl/α,β-unsaturated/α-hetero) is 1. The highest BCUT2D eigenvalue weighted by molar-refractivity contribution is 5.93. The van der Waals surface area contributed by atoms with E-state index < -0.39 is 46.8 Å². The molecule has 6 nitrogen and oxygen atoms in total. The SMILES string of the molecule is CC(=O)OCC(=O)C1(O)C(C)CC2C3CC(F)=C4CC(=O)C=CC4(C)C3C(O)CC21C. The lowest BCUT2D eigenvalue weighted by Crippen LogP contribution is -2.62. The Labute approximate surface area is 181 Å². The Morgan fingerprint density at radius 1 is 1.32 bits per heavy atom. The first kappa shape index (κ1) is 22.3. The maximum Gasteiger partial charge on any atom is 0.303 e. The van der Waals surface area contributed by atoms with Crippen molar-refractivity contribution in [2.45, 2.75) is 65.1 Å². The smallest absolute Gasteiger partial charge is 0.303 e. The van der Waals surface area contributed by atoms with Crippen LogP contribution in [0.2, 0.25) is 0 Å². The number of esters is 1. The minimum atomic E-state index is -1.78. The second-order valence-electron chi connectivity index (χ2n) is 10.4. The Hall–Kier alpha value is -1.86. The molecule has 0 aromatic rings. The fraction of sp³-hybridized carbons (Fsp3) is 0.708. The minimum Gasteiger partial charge on any atom is -0.458 e. The lowest BCUT2D eigenvalue weighted by molar-refractivity contribution is -0.185. The van der Waals surface area contributed by atoms with E-state index >= 15 is 4.39 Å². The molecule has 0 bridgehead atoms. The molecule has 0 aliphatic heterocycles. The van der Waals surface area contributed by atoms with E-state index in [0.29, 0.717) is 12.0 Å². The number of hydrogen-bond donors (Lipinski definition) is 2. The fourth-order valence-electron chi connectivity index (χ4n) is 7.51. The molecule has 0 aromatic heterocycles. The average molecular weight is 435 g/mol. The zero-order valence-electron chi connectivity index (χ0n) is 18.5. The number of fused-ring (bicyclic) bond motifs is 5. The summed E-state index contributed by atoms with van der Waals surface area (Å²) < 4.78 is 20.2. The predicted octanol–water partition coefficient (Wildman–Crippen LogP) is 2.67. The molecule has 0 amide bonds. The molecule has 0 spiro atoms. The van der Waals surface area contributed by atoms with Crippen molar-refractivity contribution < 1.29 is 33.7 Å². The fourth-order valence-corrected chi connectivity index (χ4v) is 7.51. The third kappa shape index (κ3) is 2.92. The van der Waals surface area contributed by atoms with Crippen LogP contribution in [0, 0.1) is 34.5 Å². The molecule has 2 N–H and O–H groups in total. The zero-order valence-corrected chi connectivity index (χ0v) is 18.5. The van der Waals surface area contributed by atoms with E-state index in [-0.39, 0.29) is 48.6 Å². The molecule has 7 heteroatoms. The van der Waals surface area contributed by atoms with Gasteiger partial charge in [-0.05, 0) is 42.2 Å². The topological polar surface area (TPSA) is 101 Å². The molecule has 8 atom stereocenters. The molecule has 170 valence electrons. The molecule has 31 heavy (non-hydrogen) atoms. The van der Waals surface area contributed by atoms with Gasteiger partial charge in [0.2, 0.25) is 5.78 Å². The van der Waals surface area contributed by atoms with Crippen molar-refractivity contribution in [3.8, 4) is 0 Å². The summed E-state index contributed by atoms with van der Waals surface area (Å²) in [6.07, 6.45) is 3.14. The maximum atomic E-state index is 15.3. The van der Waals surface area contributed by atoms with Crippen LogP contribution in [0.4, 0.5) is 4.39 Å². The molecule has 0 aromatic carbocycles. The van der Waals surface area contributed by atoms with E-state index in [1.165, 1.54) is 13.0 Å². The minimum absolute atomic E-state index is 0.0257. The molecule has 2 fully saturated rings. The molecule has 8 unspecified atom stereocenters. The highest BCUT2D eigenvalue weighted by atomic mass is 19.1. The summed E-state index contributed by atoms with van der Waals surface area (Å²) in [4.78, 5) is 36.2. The third-order valence-corrected chi connectivity index (χ3v) is 8.92. The Bertz CT molecular complexity index is 908. The van der Waals surface area contributed by atoms with Crippen molar-refractivity contribution in [1.29, 1.82) is 0 Å². The van der Waals surface area contributed by atoms with Crippen LogP contribution >= 0.6 is 0 Å². The summed E-state index contributed by atoms with van der Waals surface area (Å²) in [6.45, 7) is 6.14. The number of aliphatic hydroxyl groups is 2. The number of ketones is 2. The average Bonchev–Trinajstić information content (AvgIpc) is 2.88. The number of aliphatic hydroxyl groups excluding tert-OH is 1. The molecule has 4 rings (SSSR count). The summed E-state index contributed by atoms with van der Waals surface area (Å²) in [7, 11) is 0. The molecular weight excluding hydrogens is 403 g/mol. The lowest BCUT2D eigenvalue weighted by atomic mass is 9.46. The second kappa shape index (κ2) is 7.07. The van der Waals surface area contributed by atoms with Crippen LogP contribution in [-0.2, 0) is 19.1 Å². The number of halogens is 1. The number of hydrogen-bond acceptors (Lipinski definition) is 6. The highest BCUT2D eigenvalue weighted by Gasteiger charge is 2.70. The number of carbonyl (C=O) groups is 3. The first-order valence-corrected chi connectivity index (χ1v) is 11.0. The summed E-state index contributed by atoms with van der Waals surface area (Å²) >= 11 is 0. The third-order valence-electron chi connectivity index (χ3n) is 8.92. The Balaban J connectivity index is 1.75. The molecule has 0 heterocycles. The van der Waals surface area contributed by atoms with Gasteiger partial charge in [0.15, 0.2) is 12.4 Å². The van der Waals surface area contributed by atoms with Gasteiger partial charge in [0, 0.05) is 36.5 Å². The molecular formula is C24H31FO6. The first-order valence-electron chi connectivity index (χ1n) is 11.0. The van der Waals surface area contributed by atoms with E-state index in [9.17, 15) is 24.6 Å². The summed E-state index contributed by atoms with van der Waals surface area (Å²) in [5, 5.41) is 23.0. The van der Waals surface area contributed by atoms with E-state index in [1.54, 1.807) is 19.9 Å². The van der Waals surface area contributed by atoms with Crippen LogP contribution < -0.4 is 0 Å². The van der Waals surface area contributed by atoms with Gasteiger partial charge in [-0.1, -0.05) is 26.8 Å². The van der Waals surface area contributed by atoms with Crippen molar-refractivity contribution >= 4 is 17.5 Å². The van der Waals surface area contributed by atoms with Crippen LogP contribution in [-0.4, -0.2) is 46.1 Å². The van der Waals surface area contributed by atoms with Gasteiger partial charge in [-0.25, -0.2) is 4.39 Å². The Kier molecular flexibility index (Phi) is 5.10. The van der Waals surface area contributed by atoms with E-state index in [0.717, 1.165) is 0 Å². The van der Waals surface area contributed by atoms with Crippen molar-refractivity contribution in [2.75, 3.05) is 6.61 Å². The van der Waals surface area contributed by atoms with Gasteiger partial charge < -0.3 is 14.9 Å². The van der Waals surface area contributed by atoms with Crippen molar-refractivity contribution in [3.05, 3.63) is 23.6 Å². The maximum absolute atomic E-state index is 15.3. The normalized spacial score (nSPS) is 46.3. The van der Waals surface area contributed by atoms with Crippen molar-refractivity contribution in [1.82, 2.24) is 0 Å². The van der Waals surface area contributed by atoms with E-state index in [2.05, 4.69) is 0 Å². The quantitative estimate of drug-likeness (QED) is 0.663. The summed E-state index contributed by atoms with van der Waals surface area (Å²) in [5.41, 5.74) is -3.07. The molecule has 2 saturated carbocycles. The monoisotopic (exact) mass is 434 g/mol. The highest BCUT2D eigenvalue weighted by Crippen LogP contribution is 2.68. The number of rotatable bonds is 3. The number of allylic oxidation sites excluding steroid dienone is 4. The van der Waals surface area contributed by atoms with Gasteiger partial charge in [0.1, 0.15) is 11.4 Å². The molecule has 4 aliphatic carbocycles. The Morgan fingerprint density at radius 2 is 2.00 bits per heavy atom. The van der Waals surface area contributed by atoms with Gasteiger partial charge in [-0.3, -0.25) is 14.4 Å². The number of ether oxygens (including phenoxy) is 1. The van der Waals surface area contributed by atoms with Crippen LogP contribution in [0.1, 0.15) is 53.4 Å². The summed E-state index contributed by atoms with van der Waals surface area (Å²) in [6, 6.07) is 0. The zero-order chi connectivity index (χ0) is 22.9. The second-order valence-corrected chi connectivity index (χ2v) is 10.4. The Morgan fingerprint density at radius 3 is 2.65 bits per heavy atom. The van der Waals surface area contributed by atoms with Crippen molar-refractivity contribution in [3.63, 3.8) is 0 Å². The first-order chi connectivity index (χ1) is 14.4. The van der Waals surface area contributed by atoms with Gasteiger partial charge in [-0.2, -0.15) is 0 Å². The predicted molar refractivity (Wildman–Crippen MR) is 109 cm³/mol.